The number of amides is 1. The molecule has 0 fully saturated rings. The first kappa shape index (κ1) is 13.1. The fraction of sp³-hybridized carbons (Fsp3) is 0.455. The highest BCUT2D eigenvalue weighted by atomic mass is 79.9. The summed E-state index contributed by atoms with van der Waals surface area (Å²) in [6, 6.07) is 3.54. The lowest BCUT2D eigenvalue weighted by Gasteiger charge is -2.17. The number of nitrogens with zero attached hydrogens (tertiary/aromatic N) is 2. The SMILES string of the molecule is CC(O)CCN(C)C(=O)c1ncccc1Br. The molecule has 1 N–H and O–H groups in total. The average molecular weight is 287 g/mol. The molecule has 16 heavy (non-hydrogen) atoms. The number of aromatic nitrogens is 1. The lowest BCUT2D eigenvalue weighted by Crippen LogP contribution is -2.30. The standard InChI is InChI=1S/C11H15BrN2O2/c1-8(15)5-7-14(2)11(16)10-9(12)4-3-6-13-10/h3-4,6,8,15H,5,7H2,1-2H3. The molecule has 1 atom stereocenters. The summed E-state index contributed by atoms with van der Waals surface area (Å²) in [6.45, 7) is 2.22. The van der Waals surface area contributed by atoms with Crippen LogP contribution in [0.3, 0.4) is 0 Å². The van der Waals surface area contributed by atoms with Crippen molar-refractivity contribution in [3.05, 3.63) is 28.5 Å². The van der Waals surface area contributed by atoms with Crippen molar-refractivity contribution in [3.8, 4) is 0 Å². The van der Waals surface area contributed by atoms with E-state index in [1.165, 1.54) is 0 Å². The van der Waals surface area contributed by atoms with Crippen molar-refractivity contribution in [2.45, 2.75) is 19.4 Å². The van der Waals surface area contributed by atoms with Crippen molar-refractivity contribution < 1.29 is 9.90 Å². The maximum absolute atomic E-state index is 11.9. The van der Waals surface area contributed by atoms with Gasteiger partial charge in [-0.1, -0.05) is 0 Å². The predicted molar refractivity (Wildman–Crippen MR) is 65.2 cm³/mol. The summed E-state index contributed by atoms with van der Waals surface area (Å²) in [4.78, 5) is 17.5. The van der Waals surface area contributed by atoms with Gasteiger partial charge in [-0.2, -0.15) is 0 Å². The fourth-order valence-electron chi connectivity index (χ4n) is 1.21. The van der Waals surface area contributed by atoms with Crippen LogP contribution in [-0.4, -0.2) is 40.6 Å². The molecule has 0 spiro atoms. The Bertz CT molecular complexity index is 369. The van der Waals surface area contributed by atoms with Gasteiger partial charge in [0.1, 0.15) is 5.69 Å². The summed E-state index contributed by atoms with van der Waals surface area (Å²) >= 11 is 3.29. The van der Waals surface area contributed by atoms with E-state index in [0.717, 1.165) is 0 Å². The minimum atomic E-state index is -0.401. The Kier molecular flexibility index (Phi) is 4.89. The van der Waals surface area contributed by atoms with Crippen LogP contribution in [0.4, 0.5) is 0 Å². The van der Waals surface area contributed by atoms with Gasteiger partial charge in [-0.05, 0) is 41.4 Å². The number of carbonyl (C=O) groups is 1. The second-order valence-electron chi connectivity index (χ2n) is 3.70. The van der Waals surface area contributed by atoms with Crippen molar-refractivity contribution in [2.75, 3.05) is 13.6 Å². The van der Waals surface area contributed by atoms with E-state index < -0.39 is 6.10 Å². The monoisotopic (exact) mass is 286 g/mol. The minimum absolute atomic E-state index is 0.145. The van der Waals surface area contributed by atoms with Crippen LogP contribution >= 0.6 is 15.9 Å². The van der Waals surface area contributed by atoms with E-state index in [0.29, 0.717) is 23.1 Å². The minimum Gasteiger partial charge on any atom is -0.393 e. The molecule has 4 nitrogen and oxygen atoms in total. The number of hydrogen-bond donors (Lipinski definition) is 1. The highest BCUT2D eigenvalue weighted by Crippen LogP contribution is 2.14. The number of rotatable bonds is 4. The third-order valence-electron chi connectivity index (χ3n) is 2.19. The first-order valence-corrected chi connectivity index (χ1v) is 5.85. The topological polar surface area (TPSA) is 53.4 Å². The molecule has 1 aromatic heterocycles. The van der Waals surface area contributed by atoms with Crippen molar-refractivity contribution in [3.63, 3.8) is 0 Å². The highest BCUT2D eigenvalue weighted by Gasteiger charge is 2.15. The molecule has 0 aliphatic rings. The second-order valence-corrected chi connectivity index (χ2v) is 4.55. The van der Waals surface area contributed by atoms with Gasteiger partial charge >= 0.3 is 0 Å². The number of aliphatic hydroxyl groups excluding tert-OH is 1. The Hall–Kier alpha value is -0.940. The number of hydrogen-bond acceptors (Lipinski definition) is 3. The Labute approximate surface area is 103 Å². The zero-order valence-electron chi connectivity index (χ0n) is 9.35. The zero-order chi connectivity index (χ0) is 12.1. The maximum atomic E-state index is 11.9. The lowest BCUT2D eigenvalue weighted by atomic mass is 10.2. The summed E-state index contributed by atoms with van der Waals surface area (Å²) in [5.74, 6) is -0.145. The molecule has 1 amide bonds. The van der Waals surface area contributed by atoms with Gasteiger partial charge in [0.05, 0.1) is 6.10 Å². The quantitative estimate of drug-likeness (QED) is 0.916. The second kappa shape index (κ2) is 5.96. The number of aliphatic hydroxyl groups is 1. The van der Waals surface area contributed by atoms with Gasteiger partial charge < -0.3 is 10.0 Å². The number of carbonyl (C=O) groups excluding carboxylic acids is 1. The smallest absolute Gasteiger partial charge is 0.273 e. The van der Waals surface area contributed by atoms with Crippen molar-refractivity contribution >= 4 is 21.8 Å². The molecule has 0 saturated carbocycles. The van der Waals surface area contributed by atoms with Gasteiger partial charge in [0.2, 0.25) is 0 Å². The van der Waals surface area contributed by atoms with Crippen LogP contribution < -0.4 is 0 Å². The van der Waals surface area contributed by atoms with Crippen LogP contribution in [0.5, 0.6) is 0 Å². The third-order valence-corrected chi connectivity index (χ3v) is 2.83. The zero-order valence-corrected chi connectivity index (χ0v) is 10.9. The molecule has 1 unspecified atom stereocenters. The van der Waals surface area contributed by atoms with E-state index in [4.69, 9.17) is 5.11 Å². The molecule has 0 aromatic carbocycles. The predicted octanol–water partition coefficient (Wildman–Crippen LogP) is 1.69. The Morgan fingerprint density at radius 1 is 1.69 bits per heavy atom. The molecule has 1 heterocycles. The van der Waals surface area contributed by atoms with E-state index in [1.54, 1.807) is 37.2 Å². The maximum Gasteiger partial charge on any atom is 0.273 e. The van der Waals surface area contributed by atoms with Gasteiger partial charge in [-0.3, -0.25) is 4.79 Å². The van der Waals surface area contributed by atoms with Crippen molar-refractivity contribution in [1.82, 2.24) is 9.88 Å². The van der Waals surface area contributed by atoms with E-state index >= 15 is 0 Å². The summed E-state index contributed by atoms with van der Waals surface area (Å²) in [5, 5.41) is 9.15. The van der Waals surface area contributed by atoms with E-state index in [9.17, 15) is 4.79 Å². The van der Waals surface area contributed by atoms with Gasteiger partial charge in [0.25, 0.3) is 5.91 Å². The highest BCUT2D eigenvalue weighted by molar-refractivity contribution is 9.10. The average Bonchev–Trinajstić information content (AvgIpc) is 2.25. The third kappa shape index (κ3) is 3.57. The molecule has 88 valence electrons. The molecule has 1 aromatic rings. The van der Waals surface area contributed by atoms with Crippen molar-refractivity contribution in [2.24, 2.45) is 0 Å². The van der Waals surface area contributed by atoms with E-state index in [1.807, 2.05) is 0 Å². The van der Waals surface area contributed by atoms with Gasteiger partial charge in [-0.15, -0.1) is 0 Å². The molecule has 0 aliphatic carbocycles. The number of pyridine rings is 1. The van der Waals surface area contributed by atoms with Crippen LogP contribution in [0.25, 0.3) is 0 Å². The van der Waals surface area contributed by atoms with Gasteiger partial charge in [-0.25, -0.2) is 4.98 Å². The summed E-state index contributed by atoms with van der Waals surface area (Å²) < 4.78 is 0.684. The van der Waals surface area contributed by atoms with Crippen LogP contribution in [0.2, 0.25) is 0 Å². The van der Waals surface area contributed by atoms with E-state index in [-0.39, 0.29) is 5.91 Å². The normalized spacial score (nSPS) is 12.2. The fourth-order valence-corrected chi connectivity index (χ4v) is 1.63. The first-order valence-electron chi connectivity index (χ1n) is 5.06. The Balaban J connectivity index is 2.67. The molecule has 5 heteroatoms. The summed E-state index contributed by atoms with van der Waals surface area (Å²) in [7, 11) is 1.70. The van der Waals surface area contributed by atoms with Crippen LogP contribution in [-0.2, 0) is 0 Å². The van der Waals surface area contributed by atoms with Crippen LogP contribution in [0.1, 0.15) is 23.8 Å². The van der Waals surface area contributed by atoms with Gasteiger partial charge in [0.15, 0.2) is 0 Å². The summed E-state index contributed by atoms with van der Waals surface area (Å²) in [5.41, 5.74) is 0.399. The van der Waals surface area contributed by atoms with Crippen LogP contribution in [0.15, 0.2) is 22.8 Å². The lowest BCUT2D eigenvalue weighted by molar-refractivity contribution is 0.0762. The molecule has 0 aliphatic heterocycles. The summed E-state index contributed by atoms with van der Waals surface area (Å²) in [6.07, 6.45) is 1.75. The molecule has 0 radical (unpaired) electrons. The molecular formula is C11H15BrN2O2. The van der Waals surface area contributed by atoms with Crippen molar-refractivity contribution in [1.29, 1.82) is 0 Å². The first-order chi connectivity index (χ1) is 7.52. The largest absolute Gasteiger partial charge is 0.393 e. The van der Waals surface area contributed by atoms with Gasteiger partial charge in [0, 0.05) is 24.3 Å². The molecule has 0 bridgehead atoms. The molecule has 1 rings (SSSR count). The molecular weight excluding hydrogens is 272 g/mol. The van der Waals surface area contributed by atoms with E-state index in [2.05, 4.69) is 20.9 Å². The molecule has 0 saturated heterocycles. The Morgan fingerprint density at radius 2 is 2.38 bits per heavy atom. The number of halogens is 1. The Morgan fingerprint density at radius 3 is 2.94 bits per heavy atom. The van der Waals surface area contributed by atoms with Crippen LogP contribution in [0, 0.1) is 0 Å².